The molecule has 2 aliphatic rings. The van der Waals surface area contributed by atoms with E-state index in [9.17, 15) is 9.59 Å². The predicted octanol–water partition coefficient (Wildman–Crippen LogP) is 3.26. The quantitative estimate of drug-likeness (QED) is 0.846. The Morgan fingerprint density at radius 2 is 1.83 bits per heavy atom. The van der Waals surface area contributed by atoms with Gasteiger partial charge in [0.1, 0.15) is 5.71 Å². The molecule has 0 saturated carbocycles. The lowest BCUT2D eigenvalue weighted by molar-refractivity contribution is -0.118. The van der Waals surface area contributed by atoms with E-state index in [2.05, 4.69) is 21.4 Å². The number of nitrogens with zero attached hydrogens (tertiary/aromatic N) is 3. The summed E-state index contributed by atoms with van der Waals surface area (Å²) in [5.41, 5.74) is 4.92. The maximum absolute atomic E-state index is 12.8. The van der Waals surface area contributed by atoms with Crippen LogP contribution in [0.25, 0.3) is 0 Å². The number of carbonyl (C=O) groups excluding carboxylic acids is 2. The van der Waals surface area contributed by atoms with Crippen molar-refractivity contribution >= 4 is 34.6 Å². The molecule has 1 N–H and O–H groups in total. The monoisotopic (exact) mass is 406 g/mol. The Hall–Kier alpha value is -3.19. The molecule has 1 fully saturated rings. The summed E-state index contributed by atoms with van der Waals surface area (Å²) in [7, 11) is 0. The number of amides is 2. The first kappa shape index (κ1) is 20.1. The first-order valence-electron chi connectivity index (χ1n) is 10.2. The fourth-order valence-electron chi connectivity index (χ4n) is 3.68. The van der Waals surface area contributed by atoms with E-state index in [1.807, 2.05) is 50.2 Å². The van der Waals surface area contributed by atoms with Crippen molar-refractivity contribution in [3.63, 3.8) is 0 Å². The number of nitrogens with one attached hydrogen (secondary N) is 1. The van der Waals surface area contributed by atoms with Crippen LogP contribution >= 0.6 is 0 Å². The van der Waals surface area contributed by atoms with Gasteiger partial charge in [0.2, 0.25) is 5.91 Å². The van der Waals surface area contributed by atoms with Crippen molar-refractivity contribution in [3.05, 3.63) is 53.6 Å². The van der Waals surface area contributed by atoms with E-state index in [4.69, 9.17) is 4.74 Å². The van der Waals surface area contributed by atoms with E-state index in [1.165, 1.54) is 5.01 Å². The molecule has 30 heavy (non-hydrogen) atoms. The molecule has 2 heterocycles. The lowest BCUT2D eigenvalue weighted by Crippen LogP contribution is -2.36. The van der Waals surface area contributed by atoms with Gasteiger partial charge in [0.15, 0.2) is 0 Å². The van der Waals surface area contributed by atoms with Crippen LogP contribution in [0.5, 0.6) is 0 Å². The summed E-state index contributed by atoms with van der Waals surface area (Å²) in [5, 5.41) is 8.65. The molecule has 0 radical (unpaired) electrons. The number of morpholine rings is 1. The molecule has 0 aromatic heterocycles. The average molecular weight is 406 g/mol. The standard InChI is InChI=1S/C23H26N4O3/c1-16-4-3-5-19(14-16)27-22(28)9-8-21(25-27)23(29)24-20-7-6-18(15-17(20)2)26-10-12-30-13-11-26/h3-7,14-15H,8-13H2,1-2H3,(H,24,29). The largest absolute Gasteiger partial charge is 0.378 e. The van der Waals surface area contributed by atoms with Crippen LogP contribution in [0, 0.1) is 13.8 Å². The number of benzene rings is 2. The molecular formula is C23H26N4O3. The van der Waals surface area contributed by atoms with Gasteiger partial charge in [0.25, 0.3) is 5.91 Å². The third-order valence-electron chi connectivity index (χ3n) is 5.38. The number of hydrogen-bond donors (Lipinski definition) is 1. The van der Waals surface area contributed by atoms with Crippen molar-refractivity contribution < 1.29 is 14.3 Å². The minimum Gasteiger partial charge on any atom is -0.378 e. The molecule has 0 aliphatic carbocycles. The van der Waals surface area contributed by atoms with Gasteiger partial charge in [-0.3, -0.25) is 9.59 Å². The molecule has 0 spiro atoms. The second-order valence-corrected chi connectivity index (χ2v) is 7.64. The summed E-state index contributed by atoms with van der Waals surface area (Å²) >= 11 is 0. The average Bonchev–Trinajstić information content (AvgIpc) is 2.76. The van der Waals surface area contributed by atoms with Gasteiger partial charge in [-0.15, -0.1) is 0 Å². The molecule has 2 aromatic rings. The van der Waals surface area contributed by atoms with Crippen LogP contribution in [0.2, 0.25) is 0 Å². The first-order valence-corrected chi connectivity index (χ1v) is 10.2. The maximum atomic E-state index is 12.8. The third kappa shape index (κ3) is 4.36. The SMILES string of the molecule is Cc1cccc(N2N=C(C(=O)Nc3ccc(N4CCOCC4)cc3C)CCC2=O)c1. The lowest BCUT2D eigenvalue weighted by Gasteiger charge is -2.29. The smallest absolute Gasteiger partial charge is 0.271 e. The summed E-state index contributed by atoms with van der Waals surface area (Å²) in [5.74, 6) is -0.384. The van der Waals surface area contributed by atoms with Crippen molar-refractivity contribution in [2.45, 2.75) is 26.7 Å². The molecule has 156 valence electrons. The Kier molecular flexibility index (Phi) is 5.81. The van der Waals surface area contributed by atoms with Crippen LogP contribution in [0.4, 0.5) is 17.1 Å². The van der Waals surface area contributed by atoms with Gasteiger partial charge in [-0.1, -0.05) is 12.1 Å². The Balaban J connectivity index is 1.50. The van der Waals surface area contributed by atoms with Crippen molar-refractivity contribution in [3.8, 4) is 0 Å². The van der Waals surface area contributed by atoms with Crippen LogP contribution in [0.3, 0.4) is 0 Å². The molecule has 0 unspecified atom stereocenters. The van der Waals surface area contributed by atoms with Gasteiger partial charge in [-0.2, -0.15) is 5.10 Å². The second kappa shape index (κ2) is 8.67. The lowest BCUT2D eigenvalue weighted by atomic mass is 10.1. The molecule has 2 aromatic carbocycles. The molecule has 4 rings (SSSR count). The number of hydrazone groups is 1. The Morgan fingerprint density at radius 1 is 1.03 bits per heavy atom. The number of ether oxygens (including phenoxy) is 1. The van der Waals surface area contributed by atoms with Gasteiger partial charge in [0.05, 0.1) is 18.9 Å². The molecule has 2 aliphatic heterocycles. The van der Waals surface area contributed by atoms with Crippen molar-refractivity contribution in [1.29, 1.82) is 0 Å². The van der Waals surface area contributed by atoms with Crippen LogP contribution in [0.15, 0.2) is 47.6 Å². The fraction of sp³-hybridized carbons (Fsp3) is 0.348. The number of anilines is 3. The van der Waals surface area contributed by atoms with Crippen LogP contribution in [0.1, 0.15) is 24.0 Å². The Morgan fingerprint density at radius 3 is 2.57 bits per heavy atom. The maximum Gasteiger partial charge on any atom is 0.271 e. The summed E-state index contributed by atoms with van der Waals surface area (Å²) < 4.78 is 5.41. The van der Waals surface area contributed by atoms with Gasteiger partial charge in [-0.05, 0) is 55.3 Å². The van der Waals surface area contributed by atoms with E-state index < -0.39 is 0 Å². The number of rotatable bonds is 4. The summed E-state index contributed by atoms with van der Waals surface area (Å²) in [6, 6.07) is 13.6. The topological polar surface area (TPSA) is 74.2 Å². The number of aryl methyl sites for hydroxylation is 2. The van der Waals surface area contributed by atoms with Crippen LogP contribution < -0.4 is 15.2 Å². The van der Waals surface area contributed by atoms with E-state index in [0.717, 1.165) is 48.8 Å². The zero-order valence-electron chi connectivity index (χ0n) is 17.4. The molecule has 2 amide bonds. The highest BCUT2D eigenvalue weighted by atomic mass is 16.5. The zero-order chi connectivity index (χ0) is 21.1. The summed E-state index contributed by atoms with van der Waals surface area (Å²) in [6.07, 6.45) is 0.590. The van der Waals surface area contributed by atoms with Crippen LogP contribution in [-0.2, 0) is 14.3 Å². The molecule has 7 heteroatoms. The predicted molar refractivity (Wildman–Crippen MR) is 118 cm³/mol. The molecular weight excluding hydrogens is 380 g/mol. The third-order valence-corrected chi connectivity index (χ3v) is 5.38. The number of carbonyl (C=O) groups is 2. The van der Waals surface area contributed by atoms with E-state index >= 15 is 0 Å². The zero-order valence-corrected chi connectivity index (χ0v) is 17.4. The van der Waals surface area contributed by atoms with E-state index in [-0.39, 0.29) is 18.2 Å². The van der Waals surface area contributed by atoms with Crippen molar-refractivity contribution in [2.75, 3.05) is 41.5 Å². The highest BCUT2D eigenvalue weighted by molar-refractivity contribution is 6.44. The van der Waals surface area contributed by atoms with E-state index in [1.54, 1.807) is 0 Å². The van der Waals surface area contributed by atoms with Gasteiger partial charge in [0, 0.05) is 37.3 Å². The van der Waals surface area contributed by atoms with Gasteiger partial charge in [-0.25, -0.2) is 5.01 Å². The minimum atomic E-state index is -0.276. The highest BCUT2D eigenvalue weighted by Crippen LogP contribution is 2.25. The van der Waals surface area contributed by atoms with Gasteiger partial charge >= 0.3 is 0 Å². The Bertz CT molecular complexity index is 996. The Labute approximate surface area is 176 Å². The first-order chi connectivity index (χ1) is 14.5. The van der Waals surface area contributed by atoms with Gasteiger partial charge < -0.3 is 15.0 Å². The number of hydrogen-bond acceptors (Lipinski definition) is 5. The summed E-state index contributed by atoms with van der Waals surface area (Å²) in [4.78, 5) is 27.5. The van der Waals surface area contributed by atoms with Crippen molar-refractivity contribution in [1.82, 2.24) is 0 Å². The molecule has 0 bridgehead atoms. The summed E-state index contributed by atoms with van der Waals surface area (Å²) in [6.45, 7) is 7.13. The minimum absolute atomic E-state index is 0.108. The normalized spacial score (nSPS) is 17.0. The molecule has 0 atom stereocenters. The fourth-order valence-corrected chi connectivity index (χ4v) is 3.68. The van der Waals surface area contributed by atoms with Crippen molar-refractivity contribution in [2.24, 2.45) is 5.10 Å². The second-order valence-electron chi connectivity index (χ2n) is 7.64. The molecule has 7 nitrogen and oxygen atoms in total. The highest BCUT2D eigenvalue weighted by Gasteiger charge is 2.26. The van der Waals surface area contributed by atoms with Crippen LogP contribution in [-0.4, -0.2) is 43.8 Å². The molecule has 1 saturated heterocycles. The van der Waals surface area contributed by atoms with E-state index in [0.29, 0.717) is 17.8 Å².